The summed E-state index contributed by atoms with van der Waals surface area (Å²) in [6, 6.07) is 11.1. The van der Waals surface area contributed by atoms with Gasteiger partial charge in [-0.3, -0.25) is 4.79 Å². The number of halogens is 1. The van der Waals surface area contributed by atoms with Crippen molar-refractivity contribution < 1.29 is 9.90 Å². The first-order valence-corrected chi connectivity index (χ1v) is 10.7. The highest BCUT2D eigenvalue weighted by Gasteiger charge is 2.14. The lowest BCUT2D eigenvalue weighted by Gasteiger charge is -2.14. The first-order valence-electron chi connectivity index (χ1n) is 8.16. The van der Waals surface area contributed by atoms with Gasteiger partial charge in [-0.1, -0.05) is 23.7 Å². The number of carbonyl (C=O) groups is 1. The summed E-state index contributed by atoms with van der Waals surface area (Å²) in [7, 11) is 0. The zero-order valence-electron chi connectivity index (χ0n) is 14.8. The lowest BCUT2D eigenvalue weighted by atomic mass is 10.1. The number of benzene rings is 1. The van der Waals surface area contributed by atoms with E-state index < -0.39 is 5.97 Å². The van der Waals surface area contributed by atoms with Crippen molar-refractivity contribution in [1.82, 2.24) is 9.97 Å². The van der Waals surface area contributed by atoms with Crippen LogP contribution in [0.4, 0.5) is 11.5 Å². The van der Waals surface area contributed by atoms with Crippen molar-refractivity contribution in [2.45, 2.75) is 19.1 Å². The topological polar surface area (TPSA) is 75.1 Å². The molecule has 0 fully saturated rings. The van der Waals surface area contributed by atoms with E-state index in [1.807, 2.05) is 37.4 Å². The number of rotatable bonds is 7. The van der Waals surface area contributed by atoms with Crippen molar-refractivity contribution in [1.29, 1.82) is 0 Å². The minimum Gasteiger partial charge on any atom is -0.481 e. The number of nitrogens with zero attached hydrogens (tertiary/aromatic N) is 2. The van der Waals surface area contributed by atoms with Crippen LogP contribution in [0, 0.1) is 6.92 Å². The lowest BCUT2D eigenvalue weighted by molar-refractivity contribution is -0.136. The van der Waals surface area contributed by atoms with Crippen LogP contribution >= 0.6 is 34.7 Å². The van der Waals surface area contributed by atoms with Gasteiger partial charge in [0.2, 0.25) is 0 Å². The summed E-state index contributed by atoms with van der Waals surface area (Å²) in [5.74, 6) is 1.33. The Kier molecular flexibility index (Phi) is 6.36. The van der Waals surface area contributed by atoms with Crippen LogP contribution in [-0.2, 0) is 17.0 Å². The molecule has 0 aliphatic carbocycles. The van der Waals surface area contributed by atoms with Crippen molar-refractivity contribution in [3.8, 4) is 10.7 Å². The van der Waals surface area contributed by atoms with Gasteiger partial charge in [-0.05, 0) is 43.0 Å². The minimum atomic E-state index is -0.844. The molecule has 3 rings (SSSR count). The Bertz CT molecular complexity index is 958. The molecule has 2 aromatic heterocycles. The van der Waals surface area contributed by atoms with Gasteiger partial charge >= 0.3 is 5.97 Å². The molecule has 0 spiro atoms. The average molecular weight is 420 g/mol. The molecule has 27 heavy (non-hydrogen) atoms. The number of carboxylic acids is 1. The highest BCUT2D eigenvalue weighted by molar-refractivity contribution is 7.97. The van der Waals surface area contributed by atoms with E-state index >= 15 is 0 Å². The molecule has 0 saturated heterocycles. The van der Waals surface area contributed by atoms with Crippen molar-refractivity contribution in [3.63, 3.8) is 0 Å². The van der Waals surface area contributed by atoms with Crippen LogP contribution < -0.4 is 5.32 Å². The molecule has 0 aliphatic rings. The predicted molar refractivity (Wildman–Crippen MR) is 113 cm³/mol. The molecule has 5 nitrogen and oxygen atoms in total. The minimum absolute atomic E-state index is 0.00784. The summed E-state index contributed by atoms with van der Waals surface area (Å²) >= 11 is 9.20. The quantitative estimate of drug-likeness (QED) is 0.534. The number of aryl methyl sites for hydroxylation is 1. The first kappa shape index (κ1) is 19.7. The van der Waals surface area contributed by atoms with E-state index in [2.05, 4.69) is 10.3 Å². The third-order valence-electron chi connectivity index (χ3n) is 3.87. The Labute approximate surface area is 170 Å². The summed E-state index contributed by atoms with van der Waals surface area (Å²) in [5, 5.41) is 12.3. The Morgan fingerprint density at radius 3 is 2.56 bits per heavy atom. The number of aliphatic carboxylic acids is 1. The fourth-order valence-corrected chi connectivity index (χ4v) is 4.19. The molecule has 2 N–H and O–H groups in total. The second-order valence-corrected chi connectivity index (χ2v) is 8.47. The van der Waals surface area contributed by atoms with Crippen LogP contribution in [-0.4, -0.2) is 27.3 Å². The molecule has 0 atom stereocenters. The average Bonchev–Trinajstić information content (AvgIpc) is 3.05. The second-order valence-electron chi connectivity index (χ2n) is 5.89. The molecule has 0 radical (unpaired) electrons. The van der Waals surface area contributed by atoms with Crippen LogP contribution in [0.1, 0.15) is 16.8 Å². The fourth-order valence-electron chi connectivity index (χ4n) is 2.58. The number of aromatic nitrogens is 2. The van der Waals surface area contributed by atoms with Crippen LogP contribution in [0.2, 0.25) is 4.34 Å². The van der Waals surface area contributed by atoms with Gasteiger partial charge in [0.05, 0.1) is 15.6 Å². The molecular formula is C19H18ClN3O2S2. The van der Waals surface area contributed by atoms with Gasteiger partial charge in [-0.15, -0.1) is 11.3 Å². The van der Waals surface area contributed by atoms with Crippen molar-refractivity contribution in [2.75, 3.05) is 11.6 Å². The van der Waals surface area contributed by atoms with E-state index in [0.29, 0.717) is 10.2 Å². The molecular weight excluding hydrogens is 402 g/mol. The van der Waals surface area contributed by atoms with Crippen molar-refractivity contribution >= 4 is 52.2 Å². The highest BCUT2D eigenvalue weighted by atomic mass is 35.5. The maximum Gasteiger partial charge on any atom is 0.307 e. The van der Waals surface area contributed by atoms with E-state index in [1.165, 1.54) is 11.3 Å². The number of thiophene rings is 1. The van der Waals surface area contributed by atoms with Gasteiger partial charge < -0.3 is 10.4 Å². The summed E-state index contributed by atoms with van der Waals surface area (Å²) in [6.45, 7) is 1.98. The molecule has 0 amide bonds. The Morgan fingerprint density at radius 2 is 1.96 bits per heavy atom. The van der Waals surface area contributed by atoms with Crippen molar-refractivity contribution in [2.24, 2.45) is 0 Å². The van der Waals surface area contributed by atoms with Gasteiger partial charge in [0, 0.05) is 22.7 Å². The molecule has 0 bridgehead atoms. The van der Waals surface area contributed by atoms with Crippen molar-refractivity contribution in [3.05, 3.63) is 57.6 Å². The Balaban J connectivity index is 1.94. The monoisotopic (exact) mass is 419 g/mol. The van der Waals surface area contributed by atoms with Gasteiger partial charge in [0.1, 0.15) is 5.82 Å². The van der Waals surface area contributed by atoms with Gasteiger partial charge in [0.15, 0.2) is 5.82 Å². The van der Waals surface area contributed by atoms with E-state index in [0.717, 1.165) is 39.0 Å². The fraction of sp³-hybridized carbons (Fsp3) is 0.211. The van der Waals surface area contributed by atoms with E-state index in [1.54, 1.807) is 23.9 Å². The van der Waals surface area contributed by atoms with E-state index in [4.69, 9.17) is 21.7 Å². The largest absolute Gasteiger partial charge is 0.481 e. The number of hydrogen-bond donors (Lipinski definition) is 2. The zero-order chi connectivity index (χ0) is 19.4. The molecule has 3 aromatic rings. The number of carboxylic acid groups (broad SMARTS) is 1. The summed E-state index contributed by atoms with van der Waals surface area (Å²) in [5.41, 5.74) is 3.57. The molecule has 0 aliphatic heterocycles. The number of hydrogen-bond acceptors (Lipinski definition) is 6. The van der Waals surface area contributed by atoms with E-state index in [-0.39, 0.29) is 6.42 Å². The molecule has 0 unspecified atom stereocenters. The normalized spacial score (nSPS) is 10.8. The third kappa shape index (κ3) is 5.00. The van der Waals surface area contributed by atoms with Crippen LogP contribution in [0.15, 0.2) is 36.4 Å². The maximum atomic E-state index is 10.8. The SMILES string of the molecule is CSCc1c(C)nc(-c2ccc(Cl)s2)nc1Nc1ccc(CC(=O)O)cc1. The van der Waals surface area contributed by atoms with Gasteiger partial charge in [-0.25, -0.2) is 9.97 Å². The van der Waals surface area contributed by atoms with Crippen LogP contribution in [0.3, 0.4) is 0 Å². The number of anilines is 2. The maximum absolute atomic E-state index is 10.8. The van der Waals surface area contributed by atoms with Gasteiger partial charge in [0.25, 0.3) is 0 Å². The van der Waals surface area contributed by atoms with Crippen LogP contribution in [0.5, 0.6) is 0 Å². The number of thioether (sulfide) groups is 1. The lowest BCUT2D eigenvalue weighted by Crippen LogP contribution is -2.05. The number of nitrogens with one attached hydrogen (secondary N) is 1. The molecule has 8 heteroatoms. The smallest absolute Gasteiger partial charge is 0.307 e. The summed E-state index contributed by atoms with van der Waals surface area (Å²) in [4.78, 5) is 21.1. The predicted octanol–water partition coefficient (Wildman–Crippen LogP) is 5.40. The highest BCUT2D eigenvalue weighted by Crippen LogP contribution is 2.32. The molecule has 1 aromatic carbocycles. The first-order chi connectivity index (χ1) is 13.0. The molecule has 140 valence electrons. The van der Waals surface area contributed by atoms with Gasteiger partial charge in [-0.2, -0.15) is 11.8 Å². The van der Waals surface area contributed by atoms with Crippen LogP contribution in [0.25, 0.3) is 10.7 Å². The summed E-state index contributed by atoms with van der Waals surface area (Å²) in [6.07, 6.45) is 2.05. The zero-order valence-corrected chi connectivity index (χ0v) is 17.2. The van der Waals surface area contributed by atoms with E-state index in [9.17, 15) is 4.79 Å². The molecule has 0 saturated carbocycles. The second kappa shape index (κ2) is 8.73. The Hall–Kier alpha value is -2.09. The third-order valence-corrected chi connectivity index (χ3v) is 5.67. The molecule has 2 heterocycles. The summed E-state index contributed by atoms with van der Waals surface area (Å²) < 4.78 is 0.697. The Morgan fingerprint density at radius 1 is 1.22 bits per heavy atom. The standard InChI is InChI=1S/C19H18ClN3O2S2/c1-11-14(10-26-2)18(23-19(21-11)15-7-8-16(20)27-15)22-13-5-3-12(4-6-13)9-17(24)25/h3-8H,9-10H2,1-2H3,(H,24,25)(H,21,22,23).